The minimum atomic E-state index is 0.472. The van der Waals surface area contributed by atoms with Crippen LogP contribution in [-0.2, 0) is 13.1 Å². The average molecular weight is 356 g/mol. The van der Waals surface area contributed by atoms with Gasteiger partial charge >= 0.3 is 0 Å². The van der Waals surface area contributed by atoms with Gasteiger partial charge in [0.05, 0.1) is 16.8 Å². The van der Waals surface area contributed by atoms with Crippen molar-refractivity contribution in [2.24, 2.45) is 0 Å². The summed E-state index contributed by atoms with van der Waals surface area (Å²) < 4.78 is 2.23. The Labute approximate surface area is 151 Å². The predicted molar refractivity (Wildman–Crippen MR) is 99.5 cm³/mol. The van der Waals surface area contributed by atoms with Gasteiger partial charge in [-0.3, -0.25) is 10.00 Å². The number of thiophene rings is 1. The Morgan fingerprint density at radius 2 is 2.36 bits per heavy atom. The van der Waals surface area contributed by atoms with Crippen LogP contribution in [0.25, 0.3) is 10.6 Å². The van der Waals surface area contributed by atoms with Gasteiger partial charge in [0, 0.05) is 31.1 Å². The molecular formula is C18H24N6S. The Hall–Kier alpha value is -1.99. The average Bonchev–Trinajstić information content (AvgIpc) is 3.37. The van der Waals surface area contributed by atoms with Crippen LogP contribution in [0.5, 0.6) is 0 Å². The van der Waals surface area contributed by atoms with E-state index in [0.717, 1.165) is 44.1 Å². The van der Waals surface area contributed by atoms with Crippen molar-refractivity contribution in [1.82, 2.24) is 29.9 Å². The van der Waals surface area contributed by atoms with Gasteiger partial charge in [0.1, 0.15) is 12.2 Å². The van der Waals surface area contributed by atoms with Crippen molar-refractivity contribution in [3.05, 3.63) is 41.4 Å². The van der Waals surface area contributed by atoms with Crippen molar-refractivity contribution < 1.29 is 0 Å². The van der Waals surface area contributed by atoms with E-state index in [4.69, 9.17) is 0 Å². The van der Waals surface area contributed by atoms with Gasteiger partial charge in [-0.05, 0) is 37.3 Å². The summed E-state index contributed by atoms with van der Waals surface area (Å²) in [5.74, 6) is 1.62. The maximum Gasteiger partial charge on any atom is 0.137 e. The fourth-order valence-corrected chi connectivity index (χ4v) is 4.46. The summed E-state index contributed by atoms with van der Waals surface area (Å²) in [6.45, 7) is 6.30. The van der Waals surface area contributed by atoms with Gasteiger partial charge in [-0.2, -0.15) is 5.10 Å². The molecule has 4 heterocycles. The first-order valence-corrected chi connectivity index (χ1v) is 9.89. The summed E-state index contributed by atoms with van der Waals surface area (Å²) in [5, 5.41) is 18.1. The lowest BCUT2D eigenvalue weighted by Gasteiger charge is -2.32. The summed E-state index contributed by atoms with van der Waals surface area (Å²) in [7, 11) is 0. The highest BCUT2D eigenvalue weighted by molar-refractivity contribution is 7.13. The lowest BCUT2D eigenvalue weighted by Crippen LogP contribution is -2.35. The van der Waals surface area contributed by atoms with E-state index in [9.17, 15) is 0 Å². The molecule has 7 heteroatoms. The largest absolute Gasteiger partial charge is 0.317 e. The molecule has 0 unspecified atom stereocenters. The van der Waals surface area contributed by atoms with Crippen molar-refractivity contribution in [3.63, 3.8) is 0 Å². The lowest BCUT2D eigenvalue weighted by molar-refractivity contribution is 0.194. The Balaban J connectivity index is 1.47. The van der Waals surface area contributed by atoms with Crippen molar-refractivity contribution in [1.29, 1.82) is 0 Å². The standard InChI is InChI=1S/C18H24N6S/c1-2-7-24-13-20-22-18(24)14-5-3-8-23(11-14)12-15-10-19-21-17(15)16-6-4-9-25-16/h4,6,9-10,13-14H,2-3,5,7-8,11-12H2,1H3,(H,19,21)/t14-/m0/s1. The van der Waals surface area contributed by atoms with Gasteiger partial charge < -0.3 is 4.57 Å². The summed E-state index contributed by atoms with van der Waals surface area (Å²) in [5.41, 5.74) is 2.43. The summed E-state index contributed by atoms with van der Waals surface area (Å²) >= 11 is 1.75. The Kier molecular flexibility index (Phi) is 4.94. The zero-order valence-electron chi connectivity index (χ0n) is 14.6. The number of aryl methyl sites for hydroxylation is 1. The van der Waals surface area contributed by atoms with Gasteiger partial charge in [0.2, 0.25) is 0 Å². The highest BCUT2D eigenvalue weighted by Gasteiger charge is 2.26. The summed E-state index contributed by atoms with van der Waals surface area (Å²) in [6, 6.07) is 4.23. The number of aromatic nitrogens is 5. The molecule has 1 fully saturated rings. The van der Waals surface area contributed by atoms with E-state index in [1.165, 1.54) is 23.3 Å². The van der Waals surface area contributed by atoms with Crippen LogP contribution in [0.2, 0.25) is 0 Å². The van der Waals surface area contributed by atoms with Gasteiger partial charge in [-0.1, -0.05) is 13.0 Å². The van der Waals surface area contributed by atoms with E-state index < -0.39 is 0 Å². The zero-order chi connectivity index (χ0) is 17.1. The second-order valence-corrected chi connectivity index (χ2v) is 7.65. The topological polar surface area (TPSA) is 62.6 Å². The van der Waals surface area contributed by atoms with E-state index in [1.807, 2.05) is 12.5 Å². The molecule has 3 aromatic rings. The second-order valence-electron chi connectivity index (χ2n) is 6.70. The first kappa shape index (κ1) is 16.5. The number of hydrogen-bond acceptors (Lipinski definition) is 5. The SMILES string of the molecule is CCCn1cnnc1[C@H]1CCCN(Cc2cn[nH]c2-c2cccs2)C1. The molecule has 6 nitrogen and oxygen atoms in total. The highest BCUT2D eigenvalue weighted by Crippen LogP contribution is 2.30. The maximum atomic E-state index is 4.42. The van der Waals surface area contributed by atoms with Crippen molar-refractivity contribution in [3.8, 4) is 10.6 Å². The minimum Gasteiger partial charge on any atom is -0.317 e. The molecule has 1 atom stereocenters. The summed E-state index contributed by atoms with van der Waals surface area (Å²) in [6.07, 6.45) is 7.36. The fourth-order valence-electron chi connectivity index (χ4n) is 3.71. The molecule has 1 N–H and O–H groups in total. The molecule has 25 heavy (non-hydrogen) atoms. The molecule has 0 radical (unpaired) electrons. The molecule has 0 aromatic carbocycles. The molecule has 0 amide bonds. The van der Waals surface area contributed by atoms with Crippen LogP contribution in [0.3, 0.4) is 0 Å². The van der Waals surface area contributed by atoms with Crippen LogP contribution in [0.15, 0.2) is 30.0 Å². The van der Waals surface area contributed by atoms with Crippen molar-refractivity contribution >= 4 is 11.3 Å². The predicted octanol–water partition coefficient (Wildman–Crippen LogP) is 3.52. The fraction of sp³-hybridized carbons (Fsp3) is 0.500. The smallest absolute Gasteiger partial charge is 0.137 e. The van der Waals surface area contributed by atoms with E-state index >= 15 is 0 Å². The summed E-state index contributed by atoms with van der Waals surface area (Å²) in [4.78, 5) is 3.78. The molecule has 0 bridgehead atoms. The van der Waals surface area contributed by atoms with Crippen LogP contribution in [0, 0.1) is 0 Å². The van der Waals surface area contributed by atoms with E-state index in [2.05, 4.69) is 54.3 Å². The third kappa shape index (κ3) is 3.52. The van der Waals surface area contributed by atoms with Crippen LogP contribution < -0.4 is 0 Å². The molecule has 1 aliphatic rings. The zero-order valence-corrected chi connectivity index (χ0v) is 15.4. The molecule has 1 aliphatic heterocycles. The van der Waals surface area contributed by atoms with Gasteiger partial charge in [-0.15, -0.1) is 21.5 Å². The Morgan fingerprint density at radius 3 is 3.20 bits per heavy atom. The lowest BCUT2D eigenvalue weighted by atomic mass is 9.96. The normalized spacial score (nSPS) is 18.7. The number of nitrogens with zero attached hydrogens (tertiary/aromatic N) is 5. The monoisotopic (exact) mass is 356 g/mol. The molecular weight excluding hydrogens is 332 g/mol. The molecule has 0 spiro atoms. The highest BCUT2D eigenvalue weighted by atomic mass is 32.1. The second kappa shape index (κ2) is 7.49. The van der Waals surface area contributed by atoms with Crippen LogP contribution in [0.4, 0.5) is 0 Å². The molecule has 0 saturated carbocycles. The van der Waals surface area contributed by atoms with Crippen LogP contribution in [0.1, 0.15) is 43.5 Å². The number of nitrogens with one attached hydrogen (secondary N) is 1. The minimum absolute atomic E-state index is 0.472. The van der Waals surface area contributed by atoms with E-state index in [1.54, 1.807) is 11.3 Å². The molecule has 0 aliphatic carbocycles. The number of piperidine rings is 1. The number of rotatable bonds is 6. The maximum absolute atomic E-state index is 4.42. The van der Waals surface area contributed by atoms with Gasteiger partial charge in [0.25, 0.3) is 0 Å². The number of likely N-dealkylation sites (tertiary alicyclic amines) is 1. The van der Waals surface area contributed by atoms with Gasteiger partial charge in [0.15, 0.2) is 0 Å². The first-order chi connectivity index (χ1) is 12.3. The van der Waals surface area contributed by atoms with Crippen LogP contribution in [-0.4, -0.2) is 43.0 Å². The third-order valence-corrected chi connectivity index (χ3v) is 5.75. The third-order valence-electron chi connectivity index (χ3n) is 4.86. The van der Waals surface area contributed by atoms with E-state index in [0.29, 0.717) is 5.92 Å². The van der Waals surface area contributed by atoms with Gasteiger partial charge in [-0.25, -0.2) is 0 Å². The first-order valence-electron chi connectivity index (χ1n) is 9.01. The molecule has 132 valence electrons. The van der Waals surface area contributed by atoms with E-state index in [-0.39, 0.29) is 0 Å². The number of H-pyrrole nitrogens is 1. The number of aromatic amines is 1. The quantitative estimate of drug-likeness (QED) is 0.734. The molecule has 1 saturated heterocycles. The van der Waals surface area contributed by atoms with Crippen LogP contribution >= 0.6 is 11.3 Å². The molecule has 3 aromatic heterocycles. The van der Waals surface area contributed by atoms with Crippen molar-refractivity contribution in [2.75, 3.05) is 13.1 Å². The number of hydrogen-bond donors (Lipinski definition) is 1. The molecule has 4 rings (SSSR count). The Morgan fingerprint density at radius 1 is 1.40 bits per heavy atom. The Bertz CT molecular complexity index is 790. The van der Waals surface area contributed by atoms with Crippen molar-refractivity contribution in [2.45, 2.75) is 45.2 Å².